The zero-order valence-electron chi connectivity index (χ0n) is 17.6. The molecule has 0 aliphatic carbocycles. The van der Waals surface area contributed by atoms with Gasteiger partial charge in [0.25, 0.3) is 0 Å². The van der Waals surface area contributed by atoms with Crippen LogP contribution in [0.2, 0.25) is 0 Å². The normalized spacial score (nSPS) is 12.7. The van der Waals surface area contributed by atoms with Crippen LogP contribution in [0.1, 0.15) is 6.92 Å². The predicted molar refractivity (Wildman–Crippen MR) is 121 cm³/mol. The van der Waals surface area contributed by atoms with E-state index in [-0.39, 0.29) is 11.3 Å². The van der Waals surface area contributed by atoms with Gasteiger partial charge in [-0.2, -0.15) is 5.10 Å². The number of likely N-dealkylation sites (N-methyl/N-ethyl adjacent to an activating group) is 2. The summed E-state index contributed by atoms with van der Waals surface area (Å²) in [6, 6.07) is 11.2. The standard InChI is InChI=1S/C23H27N5O2/c1-4-24-11-12-25-18-10-9-17-19-20(18)22(29)16-8-6-5-7-15(16)21(19)26-28(23(17)30)14-13-27(2)3/h5-10,24,30H,4,11-14H2,1-3H3. The number of rotatable bonds is 7. The van der Waals surface area contributed by atoms with E-state index in [1.54, 1.807) is 4.68 Å². The van der Waals surface area contributed by atoms with Crippen LogP contribution < -0.4 is 16.1 Å². The van der Waals surface area contributed by atoms with Crippen molar-refractivity contribution in [3.8, 4) is 5.88 Å². The monoisotopic (exact) mass is 405 g/mol. The summed E-state index contributed by atoms with van der Waals surface area (Å²) >= 11 is 0. The second kappa shape index (κ2) is 8.38. The highest BCUT2D eigenvalue weighted by Gasteiger charge is 2.18. The van der Waals surface area contributed by atoms with Gasteiger partial charge in [-0.1, -0.05) is 31.2 Å². The van der Waals surface area contributed by atoms with E-state index in [4.69, 9.17) is 5.10 Å². The zero-order chi connectivity index (χ0) is 21.3. The fourth-order valence-electron chi connectivity index (χ4n) is 3.84. The lowest BCUT2D eigenvalue weighted by atomic mass is 9.98. The summed E-state index contributed by atoms with van der Waals surface area (Å²) < 4.78 is 1.62. The molecule has 2 N–H and O–H groups in total. The third kappa shape index (κ3) is 3.51. The molecule has 0 radical (unpaired) electrons. The molecular weight excluding hydrogens is 378 g/mol. The topological polar surface area (TPSA) is 82.8 Å². The molecule has 4 aromatic rings. The van der Waals surface area contributed by atoms with Crippen molar-refractivity contribution in [2.75, 3.05) is 40.3 Å². The number of nitrogens with zero attached hydrogens (tertiary/aromatic N) is 4. The third-order valence-electron chi connectivity index (χ3n) is 5.36. The van der Waals surface area contributed by atoms with Gasteiger partial charge in [-0.15, -0.1) is 0 Å². The van der Waals surface area contributed by atoms with Crippen LogP contribution in [-0.4, -0.2) is 60.1 Å². The molecule has 0 fully saturated rings. The Kier molecular flexibility index (Phi) is 5.65. The quantitative estimate of drug-likeness (QED) is 0.279. The van der Waals surface area contributed by atoms with Crippen LogP contribution in [0.4, 0.5) is 0 Å². The molecule has 1 aromatic heterocycles. The second-order valence-electron chi connectivity index (χ2n) is 7.69. The second-order valence-corrected chi connectivity index (χ2v) is 7.69. The highest BCUT2D eigenvalue weighted by molar-refractivity contribution is 6.20. The first-order valence-corrected chi connectivity index (χ1v) is 10.3. The molecule has 0 saturated heterocycles. The molecule has 0 aliphatic rings. The Labute approximate surface area is 174 Å². The summed E-state index contributed by atoms with van der Waals surface area (Å²) in [4.78, 5) is 20.1. The Balaban J connectivity index is 2.07. The first kappa shape index (κ1) is 20.3. The highest BCUT2D eigenvalue weighted by atomic mass is 16.3. The molecule has 156 valence electrons. The zero-order valence-corrected chi connectivity index (χ0v) is 17.6. The molecule has 0 spiro atoms. The molecular formula is C23H27N5O2. The SMILES string of the molecule is CCNCCN=c1ccc2c(O)n(CCN(C)C)nc3c4ccccc4c(=O)c1c23. The molecule has 0 saturated carbocycles. The molecule has 4 rings (SSSR count). The summed E-state index contributed by atoms with van der Waals surface area (Å²) in [6.07, 6.45) is 0. The van der Waals surface area contributed by atoms with Gasteiger partial charge < -0.3 is 15.3 Å². The van der Waals surface area contributed by atoms with Crippen LogP contribution in [0.5, 0.6) is 5.88 Å². The van der Waals surface area contributed by atoms with Crippen LogP contribution in [0.25, 0.3) is 32.4 Å². The molecule has 1 heterocycles. The number of fused-ring (bicyclic) bond motifs is 2. The summed E-state index contributed by atoms with van der Waals surface area (Å²) in [5.74, 6) is 0.0724. The fourth-order valence-corrected chi connectivity index (χ4v) is 3.84. The van der Waals surface area contributed by atoms with Crippen LogP contribution >= 0.6 is 0 Å². The molecule has 30 heavy (non-hydrogen) atoms. The van der Waals surface area contributed by atoms with E-state index in [0.717, 1.165) is 30.5 Å². The van der Waals surface area contributed by atoms with E-state index in [1.807, 2.05) is 62.3 Å². The van der Waals surface area contributed by atoms with Crippen molar-refractivity contribution in [2.45, 2.75) is 13.5 Å². The summed E-state index contributed by atoms with van der Waals surface area (Å²) in [6.45, 7) is 5.53. The maximum absolute atomic E-state index is 13.4. The summed E-state index contributed by atoms with van der Waals surface area (Å²) in [5, 5.41) is 22.8. The average molecular weight is 406 g/mol. The molecule has 0 bridgehead atoms. The lowest BCUT2D eigenvalue weighted by molar-refractivity contribution is 0.340. The number of benzene rings is 3. The number of aromatic nitrogens is 2. The van der Waals surface area contributed by atoms with Crippen molar-refractivity contribution >= 4 is 32.4 Å². The fraction of sp³-hybridized carbons (Fsp3) is 0.348. The minimum absolute atomic E-state index is 0.0712. The molecule has 0 aliphatic heterocycles. The van der Waals surface area contributed by atoms with Gasteiger partial charge in [0.05, 0.1) is 23.8 Å². The maximum Gasteiger partial charge on any atom is 0.215 e. The minimum atomic E-state index is -0.0712. The van der Waals surface area contributed by atoms with Crippen molar-refractivity contribution in [2.24, 2.45) is 4.99 Å². The Hall–Kier alpha value is -3.03. The van der Waals surface area contributed by atoms with Crippen LogP contribution in [-0.2, 0) is 6.54 Å². The highest BCUT2D eigenvalue weighted by Crippen LogP contribution is 2.32. The Morgan fingerprint density at radius 1 is 1.10 bits per heavy atom. The maximum atomic E-state index is 13.4. The van der Waals surface area contributed by atoms with Crippen LogP contribution in [0, 0.1) is 0 Å². The van der Waals surface area contributed by atoms with Gasteiger partial charge >= 0.3 is 0 Å². The molecule has 7 heteroatoms. The molecule has 0 amide bonds. The van der Waals surface area contributed by atoms with Gasteiger partial charge in [0.1, 0.15) is 5.52 Å². The average Bonchev–Trinajstić information content (AvgIpc) is 2.75. The number of hydrogen-bond acceptors (Lipinski definition) is 6. The molecule has 0 unspecified atom stereocenters. The Morgan fingerprint density at radius 2 is 1.87 bits per heavy atom. The Morgan fingerprint density at radius 3 is 2.60 bits per heavy atom. The van der Waals surface area contributed by atoms with E-state index >= 15 is 0 Å². The summed E-state index contributed by atoms with van der Waals surface area (Å²) in [5.41, 5.74) is 0.647. The number of nitrogens with one attached hydrogen (secondary N) is 1. The Bertz CT molecular complexity index is 1330. The largest absolute Gasteiger partial charge is 0.493 e. The molecule has 7 nitrogen and oxygen atoms in total. The van der Waals surface area contributed by atoms with E-state index in [1.165, 1.54) is 0 Å². The lowest BCUT2D eigenvalue weighted by Gasteiger charge is -2.17. The first-order valence-electron chi connectivity index (χ1n) is 10.3. The molecule has 0 atom stereocenters. The lowest BCUT2D eigenvalue weighted by Crippen LogP contribution is -2.22. The van der Waals surface area contributed by atoms with Gasteiger partial charge in [-0.25, -0.2) is 4.68 Å². The van der Waals surface area contributed by atoms with Crippen LogP contribution in [0.3, 0.4) is 0 Å². The van der Waals surface area contributed by atoms with Crippen LogP contribution in [0.15, 0.2) is 46.2 Å². The number of aromatic hydroxyl groups is 1. The van der Waals surface area contributed by atoms with E-state index in [9.17, 15) is 9.90 Å². The van der Waals surface area contributed by atoms with Gasteiger partial charge in [-0.05, 0) is 32.8 Å². The van der Waals surface area contributed by atoms with Gasteiger partial charge in [0.15, 0.2) is 5.43 Å². The van der Waals surface area contributed by atoms with Crippen molar-refractivity contribution < 1.29 is 5.11 Å². The number of hydrogen-bond donors (Lipinski definition) is 2. The van der Waals surface area contributed by atoms with Crippen molar-refractivity contribution in [1.29, 1.82) is 0 Å². The molecule has 3 aromatic carbocycles. The van der Waals surface area contributed by atoms with E-state index in [2.05, 4.69) is 10.3 Å². The minimum Gasteiger partial charge on any atom is -0.493 e. The van der Waals surface area contributed by atoms with Gasteiger partial charge in [0, 0.05) is 34.6 Å². The smallest absolute Gasteiger partial charge is 0.215 e. The third-order valence-corrected chi connectivity index (χ3v) is 5.36. The first-order chi connectivity index (χ1) is 14.5. The van der Waals surface area contributed by atoms with E-state index < -0.39 is 0 Å². The summed E-state index contributed by atoms with van der Waals surface area (Å²) in [7, 11) is 3.96. The van der Waals surface area contributed by atoms with E-state index in [0.29, 0.717) is 40.0 Å². The van der Waals surface area contributed by atoms with Crippen molar-refractivity contribution in [1.82, 2.24) is 20.0 Å². The van der Waals surface area contributed by atoms with Crippen molar-refractivity contribution in [3.63, 3.8) is 0 Å². The van der Waals surface area contributed by atoms with Gasteiger partial charge in [-0.3, -0.25) is 9.79 Å². The van der Waals surface area contributed by atoms with Gasteiger partial charge in [0.2, 0.25) is 5.88 Å². The van der Waals surface area contributed by atoms with Crippen molar-refractivity contribution in [3.05, 3.63) is 52.0 Å². The predicted octanol–water partition coefficient (Wildman–Crippen LogP) is 1.92.